The molecule has 3 aliphatic rings. The van der Waals surface area contributed by atoms with Crippen LogP contribution in [0.15, 0.2) is 48.5 Å². The van der Waals surface area contributed by atoms with Gasteiger partial charge in [0.15, 0.2) is 0 Å². The van der Waals surface area contributed by atoms with E-state index < -0.39 is 23.4 Å². The Morgan fingerprint density at radius 2 is 1.66 bits per heavy atom. The molecule has 7 nitrogen and oxygen atoms in total. The fourth-order valence-corrected chi connectivity index (χ4v) is 6.01. The van der Waals surface area contributed by atoms with E-state index in [9.17, 15) is 14.4 Å². The molecular formula is C28H32N2O5. The van der Waals surface area contributed by atoms with Crippen LogP contribution in [-0.2, 0) is 14.3 Å². The zero-order chi connectivity index (χ0) is 24.6. The first-order chi connectivity index (χ1) is 16.9. The first-order valence-electron chi connectivity index (χ1n) is 12.5. The second-order valence-corrected chi connectivity index (χ2v) is 10.4. The van der Waals surface area contributed by atoms with E-state index in [0.29, 0.717) is 13.0 Å². The van der Waals surface area contributed by atoms with Crippen LogP contribution in [-0.4, -0.2) is 42.8 Å². The number of carboxylic acid groups (broad SMARTS) is 1. The molecule has 35 heavy (non-hydrogen) atoms. The van der Waals surface area contributed by atoms with Crippen LogP contribution in [0.3, 0.4) is 0 Å². The van der Waals surface area contributed by atoms with Crippen molar-refractivity contribution in [1.29, 1.82) is 0 Å². The third-order valence-corrected chi connectivity index (χ3v) is 8.44. The molecule has 2 aromatic carbocycles. The highest BCUT2D eigenvalue weighted by Gasteiger charge is 2.73. The molecule has 0 radical (unpaired) electrons. The Labute approximate surface area is 205 Å². The maximum absolute atomic E-state index is 13.1. The predicted molar refractivity (Wildman–Crippen MR) is 131 cm³/mol. The van der Waals surface area contributed by atoms with Crippen molar-refractivity contribution in [3.05, 3.63) is 59.7 Å². The second-order valence-electron chi connectivity index (χ2n) is 10.4. The molecule has 3 N–H and O–H groups in total. The first kappa shape index (κ1) is 23.4. The summed E-state index contributed by atoms with van der Waals surface area (Å²) in [4.78, 5) is 36.8. The number of ether oxygens (including phenoxy) is 1. The summed E-state index contributed by atoms with van der Waals surface area (Å²) < 4.78 is 5.65. The summed E-state index contributed by atoms with van der Waals surface area (Å²) in [5.41, 5.74) is 4.01. The van der Waals surface area contributed by atoms with Crippen molar-refractivity contribution in [1.82, 2.24) is 10.6 Å². The number of aliphatic carboxylic acids is 1. The van der Waals surface area contributed by atoms with Crippen molar-refractivity contribution < 1.29 is 24.2 Å². The summed E-state index contributed by atoms with van der Waals surface area (Å²) in [5, 5.41) is 14.8. The first-order valence-corrected chi connectivity index (χ1v) is 12.5. The van der Waals surface area contributed by atoms with E-state index >= 15 is 0 Å². The number of rotatable bonds is 9. The average Bonchev–Trinajstić information content (AvgIpc) is 3.45. The van der Waals surface area contributed by atoms with Crippen LogP contribution in [0, 0.1) is 16.7 Å². The number of alkyl carbamates (subject to hydrolysis) is 1. The van der Waals surface area contributed by atoms with Gasteiger partial charge < -0.3 is 20.5 Å². The molecule has 1 spiro atoms. The lowest BCUT2D eigenvalue weighted by Gasteiger charge is -2.32. The normalized spacial score (nSPS) is 21.9. The molecule has 7 heteroatoms. The smallest absolute Gasteiger partial charge is 0.407 e. The summed E-state index contributed by atoms with van der Waals surface area (Å²) >= 11 is 0. The van der Waals surface area contributed by atoms with E-state index in [1.807, 2.05) is 24.3 Å². The van der Waals surface area contributed by atoms with Crippen molar-refractivity contribution in [2.24, 2.45) is 16.7 Å². The van der Waals surface area contributed by atoms with Crippen LogP contribution >= 0.6 is 0 Å². The molecular weight excluding hydrogens is 444 g/mol. The molecule has 0 bridgehead atoms. The zero-order valence-electron chi connectivity index (χ0n) is 20.0. The highest BCUT2D eigenvalue weighted by Crippen LogP contribution is 2.73. The summed E-state index contributed by atoms with van der Waals surface area (Å²) in [6.07, 6.45) is 3.68. The quantitative estimate of drug-likeness (QED) is 0.500. The number of carbonyl (C=O) groups excluding carboxylic acids is 2. The molecule has 0 aromatic heterocycles. The minimum atomic E-state index is -0.868. The van der Waals surface area contributed by atoms with Crippen LogP contribution in [0.5, 0.6) is 0 Å². The van der Waals surface area contributed by atoms with Gasteiger partial charge in [-0.15, -0.1) is 0 Å². The summed E-state index contributed by atoms with van der Waals surface area (Å²) in [7, 11) is 0. The Morgan fingerprint density at radius 1 is 1.03 bits per heavy atom. The Hall–Kier alpha value is -3.35. The average molecular weight is 477 g/mol. The van der Waals surface area contributed by atoms with Gasteiger partial charge in [-0.2, -0.15) is 0 Å². The van der Waals surface area contributed by atoms with Crippen molar-refractivity contribution in [2.45, 2.75) is 44.9 Å². The fraction of sp³-hybridized carbons (Fsp3) is 0.464. The van der Waals surface area contributed by atoms with Crippen molar-refractivity contribution in [2.75, 3.05) is 19.7 Å². The highest BCUT2D eigenvalue weighted by atomic mass is 16.5. The van der Waals surface area contributed by atoms with Crippen molar-refractivity contribution in [3.63, 3.8) is 0 Å². The van der Waals surface area contributed by atoms with Gasteiger partial charge >= 0.3 is 12.1 Å². The maximum atomic E-state index is 13.1. The van der Waals surface area contributed by atoms with Crippen LogP contribution in [0.1, 0.15) is 56.1 Å². The second kappa shape index (κ2) is 9.02. The van der Waals surface area contributed by atoms with Gasteiger partial charge in [-0.1, -0.05) is 61.9 Å². The van der Waals surface area contributed by atoms with E-state index in [4.69, 9.17) is 9.84 Å². The minimum absolute atomic E-state index is 0.0134. The summed E-state index contributed by atoms with van der Waals surface area (Å²) in [5.74, 6) is -1.48. The van der Waals surface area contributed by atoms with Gasteiger partial charge in [0.25, 0.3) is 0 Å². The number of hydrogen-bond donors (Lipinski definition) is 3. The SMILES string of the molecule is CC(CCNC(=O)C1(CNC(=O)OCC2c3ccccc3-c3ccccc32)CC12CCC2)C(=O)O. The number of carboxylic acids is 1. The molecule has 2 aromatic rings. The molecule has 0 heterocycles. The van der Waals surface area contributed by atoms with Crippen LogP contribution in [0.4, 0.5) is 4.79 Å². The van der Waals surface area contributed by atoms with Gasteiger partial charge in [0, 0.05) is 19.0 Å². The lowest BCUT2D eigenvalue weighted by molar-refractivity contribution is -0.141. The largest absolute Gasteiger partial charge is 0.481 e. The summed E-state index contributed by atoms with van der Waals surface area (Å²) in [6, 6.07) is 16.4. The predicted octanol–water partition coefficient (Wildman–Crippen LogP) is 4.31. The highest BCUT2D eigenvalue weighted by molar-refractivity contribution is 5.88. The molecule has 0 aliphatic heterocycles. The van der Waals surface area contributed by atoms with Gasteiger partial charge in [-0.3, -0.25) is 9.59 Å². The molecule has 3 aliphatic carbocycles. The Bertz CT molecular complexity index is 1110. The van der Waals surface area contributed by atoms with Gasteiger partial charge in [0.2, 0.25) is 5.91 Å². The van der Waals surface area contributed by atoms with Gasteiger partial charge in [-0.05, 0) is 53.4 Å². The minimum Gasteiger partial charge on any atom is -0.481 e. The van der Waals surface area contributed by atoms with Crippen LogP contribution in [0.2, 0.25) is 0 Å². The Balaban J connectivity index is 1.18. The molecule has 184 valence electrons. The third kappa shape index (κ3) is 4.07. The number of benzene rings is 2. The Morgan fingerprint density at radius 3 is 2.20 bits per heavy atom. The summed E-state index contributed by atoms with van der Waals surface area (Å²) in [6.45, 7) is 2.42. The van der Waals surface area contributed by atoms with E-state index in [1.54, 1.807) is 6.92 Å². The van der Waals surface area contributed by atoms with E-state index in [-0.39, 0.29) is 30.4 Å². The lowest BCUT2D eigenvalue weighted by Crippen LogP contribution is -2.45. The van der Waals surface area contributed by atoms with E-state index in [2.05, 4.69) is 34.9 Å². The molecule has 2 amide bonds. The molecule has 0 saturated heterocycles. The zero-order valence-corrected chi connectivity index (χ0v) is 20.0. The fourth-order valence-electron chi connectivity index (χ4n) is 6.01. The third-order valence-electron chi connectivity index (χ3n) is 8.44. The Kier molecular flexibility index (Phi) is 6.03. The van der Waals surface area contributed by atoms with E-state index in [1.165, 1.54) is 11.1 Å². The van der Waals surface area contributed by atoms with Crippen LogP contribution in [0.25, 0.3) is 11.1 Å². The maximum Gasteiger partial charge on any atom is 0.407 e. The molecule has 2 unspecified atom stereocenters. The number of nitrogens with one attached hydrogen (secondary N) is 2. The molecule has 2 atom stereocenters. The number of hydrogen-bond acceptors (Lipinski definition) is 4. The van der Waals surface area contributed by atoms with Crippen LogP contribution < -0.4 is 10.6 Å². The topological polar surface area (TPSA) is 105 Å². The van der Waals surface area contributed by atoms with Crippen molar-refractivity contribution >= 4 is 18.0 Å². The molecule has 2 fully saturated rings. The standard InChI is InChI=1S/C28H32N2O5/c1-18(24(31)32)11-14-29-25(33)28(16-27(28)12-6-13-27)17-30-26(34)35-15-23-21-9-4-2-7-19(21)20-8-3-5-10-22(20)23/h2-5,7-10,18,23H,6,11-17H2,1H3,(H,29,33)(H,30,34)(H,31,32). The number of carbonyl (C=O) groups is 3. The monoisotopic (exact) mass is 476 g/mol. The lowest BCUT2D eigenvalue weighted by atomic mass is 9.74. The molecule has 2 saturated carbocycles. The number of fused-ring (bicyclic) bond motifs is 3. The van der Waals surface area contributed by atoms with E-state index in [0.717, 1.165) is 36.8 Å². The number of amides is 2. The van der Waals surface area contributed by atoms with Crippen molar-refractivity contribution in [3.8, 4) is 11.1 Å². The van der Waals surface area contributed by atoms with Gasteiger partial charge in [-0.25, -0.2) is 4.79 Å². The van der Waals surface area contributed by atoms with Gasteiger partial charge in [0.1, 0.15) is 6.61 Å². The molecule has 5 rings (SSSR count). The van der Waals surface area contributed by atoms with Gasteiger partial charge in [0.05, 0.1) is 11.3 Å².